The lowest BCUT2D eigenvalue weighted by Gasteiger charge is -2.22. The van der Waals surface area contributed by atoms with Crippen LogP contribution in [0.25, 0.3) is 0 Å². The summed E-state index contributed by atoms with van der Waals surface area (Å²) in [5.41, 5.74) is 8.28. The normalized spacial score (nSPS) is 10.8. The summed E-state index contributed by atoms with van der Waals surface area (Å²) in [5, 5.41) is 0. The third-order valence-corrected chi connectivity index (χ3v) is 4.48. The number of hydrogen-bond acceptors (Lipinski definition) is 1. The summed E-state index contributed by atoms with van der Waals surface area (Å²) in [5.74, 6) is 0. The van der Waals surface area contributed by atoms with E-state index in [2.05, 4.69) is 76.0 Å². The molecule has 2 aromatic rings. The Labute approximate surface area is 136 Å². The van der Waals surface area contributed by atoms with E-state index in [9.17, 15) is 0 Å². The van der Waals surface area contributed by atoms with Crippen LogP contribution in [0.3, 0.4) is 0 Å². The minimum absolute atomic E-state index is 1.16. The molecule has 0 unspecified atom stereocenters. The Bertz CT molecular complexity index is 572. The SMILES string of the molecule is CCCc1cc(N(C)c2ccc(C)c(CCC)c2)ccc1C. The molecular formula is C21H29N. The standard InChI is InChI=1S/C21H29N/c1-6-8-18-14-20(12-10-16(18)3)22(5)21-13-11-17(4)19(15-21)9-7-2/h10-15H,6-9H2,1-5H3. The molecule has 0 N–H and O–H groups in total. The zero-order chi connectivity index (χ0) is 16.1. The molecule has 2 aromatic carbocycles. The minimum Gasteiger partial charge on any atom is -0.345 e. The second-order valence-corrected chi connectivity index (χ2v) is 6.28. The van der Waals surface area contributed by atoms with Crippen LogP contribution in [-0.2, 0) is 12.8 Å². The van der Waals surface area contributed by atoms with E-state index in [0.717, 1.165) is 12.8 Å². The van der Waals surface area contributed by atoms with Gasteiger partial charge in [0.2, 0.25) is 0 Å². The zero-order valence-corrected chi connectivity index (χ0v) is 14.7. The molecule has 0 atom stereocenters. The fourth-order valence-corrected chi connectivity index (χ4v) is 2.96. The Morgan fingerprint density at radius 1 is 0.727 bits per heavy atom. The molecule has 1 heteroatoms. The van der Waals surface area contributed by atoms with Gasteiger partial charge in [-0.05, 0) is 73.2 Å². The second kappa shape index (κ2) is 7.49. The van der Waals surface area contributed by atoms with E-state index < -0.39 is 0 Å². The first-order valence-corrected chi connectivity index (χ1v) is 8.49. The van der Waals surface area contributed by atoms with E-state index in [4.69, 9.17) is 0 Å². The predicted molar refractivity (Wildman–Crippen MR) is 98.4 cm³/mol. The average molecular weight is 295 g/mol. The Morgan fingerprint density at radius 3 is 1.50 bits per heavy atom. The second-order valence-electron chi connectivity index (χ2n) is 6.28. The van der Waals surface area contributed by atoms with Crippen LogP contribution >= 0.6 is 0 Å². The van der Waals surface area contributed by atoms with E-state index in [1.807, 2.05) is 0 Å². The van der Waals surface area contributed by atoms with E-state index in [0.29, 0.717) is 0 Å². The van der Waals surface area contributed by atoms with Crippen molar-refractivity contribution in [3.63, 3.8) is 0 Å². The van der Waals surface area contributed by atoms with Gasteiger partial charge in [0, 0.05) is 18.4 Å². The topological polar surface area (TPSA) is 3.24 Å². The highest BCUT2D eigenvalue weighted by Gasteiger charge is 2.08. The first-order valence-electron chi connectivity index (χ1n) is 8.49. The third kappa shape index (κ3) is 3.71. The summed E-state index contributed by atoms with van der Waals surface area (Å²) in [7, 11) is 2.17. The minimum atomic E-state index is 1.16. The van der Waals surface area contributed by atoms with Gasteiger partial charge in [0.1, 0.15) is 0 Å². The molecule has 0 saturated carbocycles. The maximum absolute atomic E-state index is 2.35. The first-order chi connectivity index (χ1) is 10.6. The van der Waals surface area contributed by atoms with Gasteiger partial charge in [-0.1, -0.05) is 38.8 Å². The van der Waals surface area contributed by atoms with Crippen LogP contribution in [0.5, 0.6) is 0 Å². The maximum atomic E-state index is 2.35. The van der Waals surface area contributed by atoms with E-state index in [1.54, 1.807) is 0 Å². The molecule has 0 aliphatic heterocycles. The summed E-state index contributed by atoms with van der Waals surface area (Å²) < 4.78 is 0. The molecule has 0 fully saturated rings. The van der Waals surface area contributed by atoms with E-state index in [-0.39, 0.29) is 0 Å². The quantitative estimate of drug-likeness (QED) is 0.634. The summed E-state index contributed by atoms with van der Waals surface area (Å²) in [6.07, 6.45) is 4.70. The molecule has 2 rings (SSSR count). The molecule has 118 valence electrons. The van der Waals surface area contributed by atoms with Gasteiger partial charge in [0.25, 0.3) is 0 Å². The molecule has 0 aliphatic carbocycles. The molecule has 0 heterocycles. The zero-order valence-electron chi connectivity index (χ0n) is 14.7. The molecule has 1 nitrogen and oxygen atoms in total. The van der Waals surface area contributed by atoms with E-state index >= 15 is 0 Å². The molecule has 0 spiro atoms. The third-order valence-electron chi connectivity index (χ3n) is 4.48. The van der Waals surface area contributed by atoms with Crippen LogP contribution in [0.1, 0.15) is 48.9 Å². The molecular weight excluding hydrogens is 266 g/mol. The lowest BCUT2D eigenvalue weighted by atomic mass is 10.0. The molecule has 0 radical (unpaired) electrons. The van der Waals surface area contributed by atoms with Gasteiger partial charge < -0.3 is 4.90 Å². The lowest BCUT2D eigenvalue weighted by Crippen LogP contribution is -2.10. The number of anilines is 2. The maximum Gasteiger partial charge on any atom is 0.0411 e. The monoisotopic (exact) mass is 295 g/mol. The Hall–Kier alpha value is -1.76. The molecule has 0 aliphatic rings. The van der Waals surface area contributed by atoms with Gasteiger partial charge in [0.05, 0.1) is 0 Å². The summed E-state index contributed by atoms with van der Waals surface area (Å²) in [6.45, 7) is 8.90. The first kappa shape index (κ1) is 16.6. The number of aryl methyl sites for hydroxylation is 4. The molecule has 0 bridgehead atoms. The summed E-state index contributed by atoms with van der Waals surface area (Å²) in [6, 6.07) is 13.6. The molecule has 0 aromatic heterocycles. The van der Waals surface area contributed by atoms with Crippen LogP contribution in [0.4, 0.5) is 11.4 Å². The van der Waals surface area contributed by atoms with Crippen molar-refractivity contribution < 1.29 is 0 Å². The van der Waals surface area contributed by atoms with Crippen molar-refractivity contribution in [2.45, 2.75) is 53.4 Å². The van der Waals surface area contributed by atoms with Gasteiger partial charge in [-0.2, -0.15) is 0 Å². The van der Waals surface area contributed by atoms with Crippen LogP contribution in [0.2, 0.25) is 0 Å². The highest BCUT2D eigenvalue weighted by molar-refractivity contribution is 5.65. The average Bonchev–Trinajstić information content (AvgIpc) is 2.51. The van der Waals surface area contributed by atoms with Crippen molar-refractivity contribution in [1.82, 2.24) is 0 Å². The lowest BCUT2D eigenvalue weighted by molar-refractivity contribution is 0.909. The predicted octanol–water partition coefficient (Wildman–Crippen LogP) is 5.98. The van der Waals surface area contributed by atoms with Gasteiger partial charge in [-0.3, -0.25) is 0 Å². The number of nitrogens with zero attached hydrogens (tertiary/aromatic N) is 1. The summed E-state index contributed by atoms with van der Waals surface area (Å²) >= 11 is 0. The van der Waals surface area contributed by atoms with Gasteiger partial charge >= 0.3 is 0 Å². The van der Waals surface area contributed by atoms with E-state index in [1.165, 1.54) is 46.5 Å². The van der Waals surface area contributed by atoms with Crippen molar-refractivity contribution in [3.05, 3.63) is 58.7 Å². The van der Waals surface area contributed by atoms with Crippen molar-refractivity contribution in [1.29, 1.82) is 0 Å². The van der Waals surface area contributed by atoms with Crippen LogP contribution in [-0.4, -0.2) is 7.05 Å². The van der Waals surface area contributed by atoms with Crippen molar-refractivity contribution in [2.24, 2.45) is 0 Å². The fourth-order valence-electron chi connectivity index (χ4n) is 2.96. The van der Waals surface area contributed by atoms with Crippen LogP contribution in [0.15, 0.2) is 36.4 Å². The largest absolute Gasteiger partial charge is 0.345 e. The summed E-state index contributed by atoms with van der Waals surface area (Å²) in [4.78, 5) is 2.30. The Morgan fingerprint density at radius 2 is 1.14 bits per heavy atom. The Balaban J connectivity index is 2.33. The van der Waals surface area contributed by atoms with Crippen LogP contribution in [0, 0.1) is 13.8 Å². The highest BCUT2D eigenvalue weighted by Crippen LogP contribution is 2.28. The van der Waals surface area contributed by atoms with Crippen molar-refractivity contribution in [2.75, 3.05) is 11.9 Å². The van der Waals surface area contributed by atoms with Crippen molar-refractivity contribution in [3.8, 4) is 0 Å². The fraction of sp³-hybridized carbons (Fsp3) is 0.429. The number of hydrogen-bond donors (Lipinski definition) is 0. The van der Waals surface area contributed by atoms with Crippen LogP contribution < -0.4 is 4.90 Å². The van der Waals surface area contributed by atoms with Gasteiger partial charge in [-0.25, -0.2) is 0 Å². The smallest absolute Gasteiger partial charge is 0.0411 e. The molecule has 0 amide bonds. The molecule has 0 saturated heterocycles. The van der Waals surface area contributed by atoms with Crippen molar-refractivity contribution >= 4 is 11.4 Å². The number of rotatable bonds is 6. The van der Waals surface area contributed by atoms with Gasteiger partial charge in [0.15, 0.2) is 0 Å². The number of benzene rings is 2. The van der Waals surface area contributed by atoms with Gasteiger partial charge in [-0.15, -0.1) is 0 Å². The Kier molecular flexibility index (Phi) is 5.65. The molecule has 22 heavy (non-hydrogen) atoms. The highest BCUT2D eigenvalue weighted by atomic mass is 15.1.